The van der Waals surface area contributed by atoms with Crippen LogP contribution < -0.4 is 9.47 Å². The van der Waals surface area contributed by atoms with Crippen molar-refractivity contribution in [1.82, 2.24) is 4.98 Å². The van der Waals surface area contributed by atoms with Crippen LogP contribution in [0.3, 0.4) is 0 Å². The fraction of sp³-hybridized carbons (Fsp3) is 0.143. The van der Waals surface area contributed by atoms with Crippen LogP contribution in [-0.2, 0) is 0 Å². The molecule has 0 aliphatic heterocycles. The van der Waals surface area contributed by atoms with Gasteiger partial charge in [-0.1, -0.05) is 0 Å². The highest BCUT2D eigenvalue weighted by Crippen LogP contribution is 2.24. The molecule has 0 unspecified atom stereocenters. The SMILES string of the molecule is CCOc1ccc(Oc2ncccc2C(=O)O)cc1. The molecule has 19 heavy (non-hydrogen) atoms. The molecule has 0 radical (unpaired) electrons. The number of aromatic nitrogens is 1. The summed E-state index contributed by atoms with van der Waals surface area (Å²) < 4.78 is 10.8. The number of ether oxygens (including phenoxy) is 2. The Morgan fingerprint density at radius 1 is 1.21 bits per heavy atom. The third-order valence-corrected chi connectivity index (χ3v) is 2.35. The van der Waals surface area contributed by atoms with Gasteiger partial charge in [-0.25, -0.2) is 9.78 Å². The van der Waals surface area contributed by atoms with Crippen LogP contribution in [0.15, 0.2) is 42.6 Å². The number of rotatable bonds is 5. The van der Waals surface area contributed by atoms with Gasteiger partial charge in [0, 0.05) is 6.20 Å². The molecule has 0 bridgehead atoms. The lowest BCUT2D eigenvalue weighted by Crippen LogP contribution is -2.01. The summed E-state index contributed by atoms with van der Waals surface area (Å²) in [4.78, 5) is 14.9. The highest BCUT2D eigenvalue weighted by atomic mass is 16.5. The van der Waals surface area contributed by atoms with Crippen molar-refractivity contribution in [3.05, 3.63) is 48.2 Å². The van der Waals surface area contributed by atoms with Gasteiger partial charge in [0.1, 0.15) is 17.1 Å². The van der Waals surface area contributed by atoms with Crippen LogP contribution in [0.4, 0.5) is 0 Å². The summed E-state index contributed by atoms with van der Waals surface area (Å²) in [7, 11) is 0. The molecular weight excluding hydrogens is 246 g/mol. The van der Waals surface area contributed by atoms with Crippen LogP contribution in [0.2, 0.25) is 0 Å². The zero-order valence-electron chi connectivity index (χ0n) is 10.4. The first-order valence-corrected chi connectivity index (χ1v) is 5.79. The molecule has 0 fully saturated rings. The van der Waals surface area contributed by atoms with Gasteiger partial charge in [0.2, 0.25) is 5.88 Å². The van der Waals surface area contributed by atoms with Crippen LogP contribution in [0, 0.1) is 0 Å². The summed E-state index contributed by atoms with van der Waals surface area (Å²) in [5, 5.41) is 9.02. The zero-order chi connectivity index (χ0) is 13.7. The maximum absolute atomic E-state index is 11.0. The Morgan fingerprint density at radius 2 is 1.89 bits per heavy atom. The number of carboxylic acid groups (broad SMARTS) is 1. The zero-order valence-corrected chi connectivity index (χ0v) is 10.4. The van der Waals surface area contributed by atoms with Crippen LogP contribution in [0.25, 0.3) is 0 Å². The number of nitrogens with zero attached hydrogens (tertiary/aromatic N) is 1. The number of hydrogen-bond acceptors (Lipinski definition) is 4. The van der Waals surface area contributed by atoms with E-state index in [2.05, 4.69) is 4.98 Å². The number of pyridine rings is 1. The molecule has 0 aliphatic carbocycles. The van der Waals surface area contributed by atoms with E-state index >= 15 is 0 Å². The quantitative estimate of drug-likeness (QED) is 0.893. The minimum atomic E-state index is -1.07. The van der Waals surface area contributed by atoms with Gasteiger partial charge in [0.05, 0.1) is 6.61 Å². The minimum absolute atomic E-state index is 0.0244. The summed E-state index contributed by atoms with van der Waals surface area (Å²) in [6, 6.07) is 9.90. The van der Waals surface area contributed by atoms with Crippen molar-refractivity contribution in [2.45, 2.75) is 6.92 Å². The predicted octanol–water partition coefficient (Wildman–Crippen LogP) is 2.97. The predicted molar refractivity (Wildman–Crippen MR) is 68.9 cm³/mol. The largest absolute Gasteiger partial charge is 0.494 e. The average molecular weight is 259 g/mol. The topological polar surface area (TPSA) is 68.7 Å². The first-order chi connectivity index (χ1) is 9.20. The Labute approximate surface area is 110 Å². The first-order valence-electron chi connectivity index (χ1n) is 5.79. The van der Waals surface area contributed by atoms with Crippen molar-refractivity contribution in [2.75, 3.05) is 6.61 Å². The smallest absolute Gasteiger partial charge is 0.341 e. The Kier molecular flexibility index (Phi) is 3.97. The Morgan fingerprint density at radius 3 is 2.53 bits per heavy atom. The van der Waals surface area contributed by atoms with Gasteiger partial charge < -0.3 is 14.6 Å². The second-order valence-corrected chi connectivity index (χ2v) is 3.67. The van der Waals surface area contributed by atoms with Crippen molar-refractivity contribution in [3.63, 3.8) is 0 Å². The molecule has 2 aromatic rings. The number of carboxylic acids is 1. The van der Waals surface area contributed by atoms with Gasteiger partial charge in [0.25, 0.3) is 0 Å². The maximum Gasteiger partial charge on any atom is 0.341 e. The van der Waals surface area contributed by atoms with E-state index in [1.54, 1.807) is 30.3 Å². The third-order valence-electron chi connectivity index (χ3n) is 2.35. The number of benzene rings is 1. The molecule has 0 aliphatic rings. The lowest BCUT2D eigenvalue weighted by atomic mass is 10.3. The summed E-state index contributed by atoms with van der Waals surface area (Å²) >= 11 is 0. The first kappa shape index (κ1) is 12.9. The second kappa shape index (κ2) is 5.86. The summed E-state index contributed by atoms with van der Waals surface area (Å²) in [5.41, 5.74) is 0.0244. The van der Waals surface area contributed by atoms with Gasteiger partial charge in [-0.15, -0.1) is 0 Å². The van der Waals surface area contributed by atoms with Crippen molar-refractivity contribution in [3.8, 4) is 17.4 Å². The Hall–Kier alpha value is -2.56. The van der Waals surface area contributed by atoms with Crippen LogP contribution >= 0.6 is 0 Å². The molecule has 5 heteroatoms. The average Bonchev–Trinajstić information content (AvgIpc) is 2.42. The molecule has 1 aromatic carbocycles. The maximum atomic E-state index is 11.0. The molecule has 5 nitrogen and oxygen atoms in total. The summed E-state index contributed by atoms with van der Waals surface area (Å²) in [5.74, 6) is 0.229. The van der Waals surface area contributed by atoms with Crippen molar-refractivity contribution in [2.24, 2.45) is 0 Å². The summed E-state index contributed by atoms with van der Waals surface area (Å²) in [6.45, 7) is 2.49. The van der Waals surface area contributed by atoms with Gasteiger partial charge in [-0.3, -0.25) is 0 Å². The lowest BCUT2D eigenvalue weighted by Gasteiger charge is -2.08. The van der Waals surface area contributed by atoms with Crippen LogP contribution in [-0.4, -0.2) is 22.7 Å². The van der Waals surface area contributed by atoms with Crippen LogP contribution in [0.5, 0.6) is 17.4 Å². The van der Waals surface area contributed by atoms with E-state index in [0.29, 0.717) is 12.4 Å². The monoisotopic (exact) mass is 259 g/mol. The Bertz CT molecular complexity index is 566. The lowest BCUT2D eigenvalue weighted by molar-refractivity contribution is 0.0693. The molecule has 1 N–H and O–H groups in total. The molecule has 98 valence electrons. The van der Waals surface area contributed by atoms with Crippen molar-refractivity contribution >= 4 is 5.97 Å². The van der Waals surface area contributed by atoms with E-state index in [-0.39, 0.29) is 11.4 Å². The normalized spacial score (nSPS) is 9.95. The molecule has 2 rings (SSSR count). The molecule has 0 saturated heterocycles. The van der Waals surface area contributed by atoms with E-state index in [9.17, 15) is 4.79 Å². The number of hydrogen-bond donors (Lipinski definition) is 1. The highest BCUT2D eigenvalue weighted by molar-refractivity contribution is 5.90. The number of aromatic carboxylic acids is 1. The molecule has 0 saturated carbocycles. The van der Waals surface area contributed by atoms with Crippen molar-refractivity contribution < 1.29 is 19.4 Å². The van der Waals surface area contributed by atoms with Gasteiger partial charge >= 0.3 is 5.97 Å². The fourth-order valence-electron chi connectivity index (χ4n) is 1.52. The van der Waals surface area contributed by atoms with Gasteiger partial charge in [0.15, 0.2) is 0 Å². The van der Waals surface area contributed by atoms with Gasteiger partial charge in [-0.2, -0.15) is 0 Å². The molecule has 0 amide bonds. The fourth-order valence-corrected chi connectivity index (χ4v) is 1.52. The van der Waals surface area contributed by atoms with Gasteiger partial charge in [-0.05, 0) is 43.3 Å². The standard InChI is InChI=1S/C14H13NO4/c1-2-18-10-5-7-11(8-6-10)19-13-12(14(16)17)4-3-9-15-13/h3-9H,2H2,1H3,(H,16,17). The minimum Gasteiger partial charge on any atom is -0.494 e. The number of carbonyl (C=O) groups is 1. The molecule has 0 spiro atoms. The van der Waals surface area contributed by atoms with Crippen molar-refractivity contribution in [1.29, 1.82) is 0 Å². The van der Waals surface area contributed by atoms with E-state index < -0.39 is 5.97 Å². The Balaban J connectivity index is 2.19. The highest BCUT2D eigenvalue weighted by Gasteiger charge is 2.12. The third kappa shape index (κ3) is 3.22. The van der Waals surface area contributed by atoms with E-state index in [4.69, 9.17) is 14.6 Å². The van der Waals surface area contributed by atoms with E-state index in [1.807, 2.05) is 6.92 Å². The molecule has 0 atom stereocenters. The molecular formula is C14H13NO4. The second-order valence-electron chi connectivity index (χ2n) is 3.67. The molecule has 1 aromatic heterocycles. The van der Waals surface area contributed by atoms with Crippen LogP contribution in [0.1, 0.15) is 17.3 Å². The summed E-state index contributed by atoms with van der Waals surface area (Å²) in [6.07, 6.45) is 1.48. The molecule has 1 heterocycles. The van der Waals surface area contributed by atoms with E-state index in [1.165, 1.54) is 12.3 Å². The van der Waals surface area contributed by atoms with E-state index in [0.717, 1.165) is 5.75 Å².